The lowest BCUT2D eigenvalue weighted by atomic mass is 9.83. The molecule has 0 spiro atoms. The van der Waals surface area contributed by atoms with Gasteiger partial charge in [0.2, 0.25) is 11.7 Å². The van der Waals surface area contributed by atoms with Crippen LogP contribution < -0.4 is 5.32 Å². The maximum Gasteiger partial charge on any atom is 0.312 e. The molecule has 0 saturated heterocycles. The van der Waals surface area contributed by atoms with Gasteiger partial charge >= 0.3 is 5.97 Å². The van der Waals surface area contributed by atoms with Crippen LogP contribution in [0.1, 0.15) is 66.0 Å². The molecule has 1 aromatic carbocycles. The number of Topliss-reactive ketones (excluding diaryl/α,β-unsaturated/α-hetero) is 1. The minimum Gasteiger partial charge on any atom is -0.457 e. The van der Waals surface area contributed by atoms with Gasteiger partial charge in [-0.3, -0.25) is 14.4 Å². The fourth-order valence-corrected chi connectivity index (χ4v) is 6.18. The van der Waals surface area contributed by atoms with Crippen LogP contribution in [0.15, 0.2) is 36.4 Å². The Morgan fingerprint density at radius 2 is 1.79 bits per heavy atom. The summed E-state index contributed by atoms with van der Waals surface area (Å²) in [5, 5.41) is 3.82. The monoisotopic (exact) mass is 498 g/mol. The molecular formula is C26H30N2O4S2. The number of benzene rings is 1. The third-order valence-corrected chi connectivity index (χ3v) is 8.36. The second-order valence-corrected chi connectivity index (χ2v) is 12.2. The zero-order valence-electron chi connectivity index (χ0n) is 19.8. The predicted molar refractivity (Wildman–Crippen MR) is 135 cm³/mol. The molecule has 1 N–H and O–H groups in total. The summed E-state index contributed by atoms with van der Waals surface area (Å²) >= 11 is 2.94. The van der Waals surface area contributed by atoms with Gasteiger partial charge in [0, 0.05) is 16.7 Å². The van der Waals surface area contributed by atoms with E-state index in [0.29, 0.717) is 17.8 Å². The van der Waals surface area contributed by atoms with E-state index in [0.717, 1.165) is 45.8 Å². The van der Waals surface area contributed by atoms with E-state index in [-0.39, 0.29) is 24.3 Å². The number of nitrogens with one attached hydrogen (secondary N) is 1. The van der Waals surface area contributed by atoms with Gasteiger partial charge in [-0.2, -0.15) is 0 Å². The van der Waals surface area contributed by atoms with Crippen LogP contribution in [0.5, 0.6) is 0 Å². The van der Waals surface area contributed by atoms with Crippen molar-refractivity contribution in [2.45, 2.75) is 59.4 Å². The molecule has 8 heteroatoms. The summed E-state index contributed by atoms with van der Waals surface area (Å²) in [5.74, 6) is -0.565. The van der Waals surface area contributed by atoms with E-state index in [1.54, 1.807) is 17.4 Å². The van der Waals surface area contributed by atoms with Crippen LogP contribution in [0.25, 0.3) is 10.2 Å². The molecule has 0 atom stereocenters. The number of rotatable bonds is 8. The molecule has 2 heterocycles. The normalized spacial score (nSPS) is 15.4. The second-order valence-electron chi connectivity index (χ2n) is 9.94. The van der Waals surface area contributed by atoms with Crippen LogP contribution in [-0.2, 0) is 27.3 Å². The maximum atomic E-state index is 13.2. The zero-order chi connectivity index (χ0) is 24.3. The summed E-state index contributed by atoms with van der Waals surface area (Å²) in [7, 11) is 0. The highest BCUT2D eigenvalue weighted by Gasteiger charge is 2.43. The molecule has 0 radical (unpaired) electrons. The third-order valence-electron chi connectivity index (χ3n) is 6.20. The molecule has 1 aliphatic carbocycles. The lowest BCUT2D eigenvalue weighted by Crippen LogP contribution is -2.34. The Balaban J connectivity index is 1.35. The van der Waals surface area contributed by atoms with Gasteiger partial charge in [-0.15, -0.1) is 22.7 Å². The molecule has 1 saturated carbocycles. The number of thiophene rings is 1. The molecule has 3 aromatic rings. The Hall–Kier alpha value is -2.58. The van der Waals surface area contributed by atoms with E-state index in [4.69, 9.17) is 9.72 Å². The lowest BCUT2D eigenvalue weighted by Gasteiger charge is -2.25. The number of amides is 1. The summed E-state index contributed by atoms with van der Waals surface area (Å²) in [4.78, 5) is 44.0. The minimum absolute atomic E-state index is 0.0438. The predicted octanol–water partition coefficient (Wildman–Crippen LogP) is 5.55. The Bertz CT molecular complexity index is 1170. The van der Waals surface area contributed by atoms with Crippen molar-refractivity contribution in [2.24, 2.45) is 10.8 Å². The van der Waals surface area contributed by atoms with Crippen molar-refractivity contribution in [3.8, 4) is 0 Å². The minimum atomic E-state index is -0.605. The third kappa shape index (κ3) is 5.55. The fraction of sp³-hybridized carbons (Fsp3) is 0.462. The highest BCUT2D eigenvalue weighted by Crippen LogP contribution is 2.43. The average Bonchev–Trinajstić information content (AvgIpc) is 3.54. The molecule has 1 aliphatic rings. The Morgan fingerprint density at radius 1 is 1.06 bits per heavy atom. The van der Waals surface area contributed by atoms with Crippen molar-refractivity contribution in [1.29, 1.82) is 0 Å². The van der Waals surface area contributed by atoms with Crippen molar-refractivity contribution in [2.75, 3.05) is 6.61 Å². The molecule has 4 rings (SSSR count). The molecule has 1 fully saturated rings. The molecule has 0 bridgehead atoms. The highest BCUT2D eigenvalue weighted by atomic mass is 32.1. The molecule has 6 nitrogen and oxygen atoms in total. The summed E-state index contributed by atoms with van der Waals surface area (Å²) in [6.45, 7) is 5.67. The first-order valence-corrected chi connectivity index (χ1v) is 13.2. The topological polar surface area (TPSA) is 85.4 Å². The van der Waals surface area contributed by atoms with Crippen LogP contribution in [-0.4, -0.2) is 29.3 Å². The number of para-hydroxylation sites is 1. The largest absolute Gasteiger partial charge is 0.457 e. The van der Waals surface area contributed by atoms with Crippen LogP contribution in [0, 0.1) is 10.8 Å². The number of ether oxygens (including phenoxy) is 1. The van der Waals surface area contributed by atoms with Gasteiger partial charge in [0.05, 0.1) is 32.1 Å². The van der Waals surface area contributed by atoms with Crippen LogP contribution in [0.2, 0.25) is 0 Å². The molecule has 1 amide bonds. The van der Waals surface area contributed by atoms with Gasteiger partial charge in [0.1, 0.15) is 0 Å². The summed E-state index contributed by atoms with van der Waals surface area (Å²) in [6, 6.07) is 11.5. The van der Waals surface area contributed by atoms with Crippen molar-refractivity contribution in [3.63, 3.8) is 0 Å². The van der Waals surface area contributed by atoms with E-state index >= 15 is 0 Å². The Labute approximate surface area is 207 Å². The maximum absolute atomic E-state index is 13.2. The zero-order valence-corrected chi connectivity index (χ0v) is 21.4. The molecule has 0 unspecified atom stereocenters. The molecule has 0 aliphatic heterocycles. The Kier molecular flexibility index (Phi) is 7.19. The van der Waals surface area contributed by atoms with Gasteiger partial charge in [-0.25, -0.2) is 4.98 Å². The van der Waals surface area contributed by atoms with Crippen molar-refractivity contribution in [1.82, 2.24) is 10.3 Å². The standard InChI is InChI=1S/C26H30N2O4S2/c1-25(2,3)23(30)27-15-17-10-11-21(33-17)19(29)16-32-24(31)26(12-6-7-13-26)14-22-28-18-8-4-5-9-20(18)34-22/h4-5,8-11H,6-7,12-16H2,1-3H3,(H,27,30). The smallest absolute Gasteiger partial charge is 0.312 e. The van der Waals surface area contributed by atoms with Crippen molar-refractivity contribution < 1.29 is 19.1 Å². The molecule has 34 heavy (non-hydrogen) atoms. The van der Waals surface area contributed by atoms with Gasteiger partial charge in [0.15, 0.2) is 6.61 Å². The van der Waals surface area contributed by atoms with Gasteiger partial charge < -0.3 is 10.1 Å². The highest BCUT2D eigenvalue weighted by molar-refractivity contribution is 7.18. The van der Waals surface area contributed by atoms with E-state index in [2.05, 4.69) is 5.32 Å². The number of hydrogen-bond donors (Lipinski definition) is 1. The van der Waals surface area contributed by atoms with Gasteiger partial charge in [-0.05, 0) is 37.1 Å². The van der Waals surface area contributed by atoms with Gasteiger partial charge in [-0.1, -0.05) is 45.7 Å². The number of thiazole rings is 1. The first-order valence-electron chi connectivity index (χ1n) is 11.6. The van der Waals surface area contributed by atoms with Crippen molar-refractivity contribution in [3.05, 3.63) is 51.2 Å². The molecule has 2 aromatic heterocycles. The SMILES string of the molecule is CC(C)(C)C(=O)NCc1ccc(C(=O)COC(=O)C2(Cc3nc4ccccc4s3)CCCC2)s1. The quantitative estimate of drug-likeness (QED) is 0.325. The summed E-state index contributed by atoms with van der Waals surface area (Å²) < 4.78 is 6.68. The number of carbonyl (C=O) groups excluding carboxylic acids is 3. The second kappa shape index (κ2) is 9.96. The lowest BCUT2D eigenvalue weighted by molar-refractivity contribution is -0.154. The first kappa shape index (κ1) is 24.5. The number of aromatic nitrogens is 1. The number of carbonyl (C=O) groups is 3. The summed E-state index contributed by atoms with van der Waals surface area (Å²) in [5.41, 5.74) is -0.121. The number of fused-ring (bicyclic) bond motifs is 1. The van der Waals surface area contributed by atoms with E-state index in [1.165, 1.54) is 11.3 Å². The van der Waals surface area contributed by atoms with Crippen LogP contribution in [0.4, 0.5) is 0 Å². The molecule has 180 valence electrons. The van der Waals surface area contributed by atoms with Crippen molar-refractivity contribution >= 4 is 50.5 Å². The fourth-order valence-electron chi connectivity index (χ4n) is 4.20. The first-order chi connectivity index (χ1) is 16.2. The van der Waals surface area contributed by atoms with Crippen LogP contribution >= 0.6 is 22.7 Å². The number of ketones is 1. The van der Waals surface area contributed by atoms with Crippen LogP contribution in [0.3, 0.4) is 0 Å². The van der Waals surface area contributed by atoms with E-state index in [9.17, 15) is 14.4 Å². The molecular weight excluding hydrogens is 468 g/mol. The average molecular weight is 499 g/mol. The Morgan fingerprint density at radius 3 is 2.50 bits per heavy atom. The van der Waals surface area contributed by atoms with Gasteiger partial charge in [0.25, 0.3) is 0 Å². The number of esters is 1. The number of nitrogens with zero attached hydrogens (tertiary/aromatic N) is 1. The van der Waals surface area contributed by atoms with E-state index in [1.807, 2.05) is 51.1 Å². The number of hydrogen-bond acceptors (Lipinski definition) is 7. The van der Waals surface area contributed by atoms with E-state index < -0.39 is 10.8 Å². The summed E-state index contributed by atoms with van der Waals surface area (Å²) in [6.07, 6.45) is 4.01.